The summed E-state index contributed by atoms with van der Waals surface area (Å²) in [5.74, 6) is 0.952. The Morgan fingerprint density at radius 2 is 1.70 bits per heavy atom. The van der Waals surface area contributed by atoms with Crippen molar-refractivity contribution in [2.45, 2.75) is 39.7 Å². The predicted molar refractivity (Wildman–Crippen MR) is 154 cm³/mol. The van der Waals surface area contributed by atoms with Gasteiger partial charge >= 0.3 is 0 Å². The summed E-state index contributed by atoms with van der Waals surface area (Å²) in [7, 11) is 0. The van der Waals surface area contributed by atoms with Crippen molar-refractivity contribution in [3.8, 4) is 11.5 Å². The number of ether oxygens (including phenoxy) is 2. The Morgan fingerprint density at radius 3 is 2.43 bits per heavy atom. The summed E-state index contributed by atoms with van der Waals surface area (Å²) in [5.41, 5.74) is 6.21. The molecule has 0 aliphatic carbocycles. The first-order chi connectivity index (χ1) is 17.8. The monoisotopic (exact) mass is 558 g/mol. The first-order valence-electron chi connectivity index (χ1n) is 12.3. The molecule has 0 radical (unpaired) electrons. The summed E-state index contributed by atoms with van der Waals surface area (Å²) in [5, 5.41) is 6.48. The van der Waals surface area contributed by atoms with Crippen LogP contribution in [0.3, 0.4) is 0 Å². The molecule has 5 nitrogen and oxygen atoms in total. The molecule has 6 heteroatoms. The maximum absolute atomic E-state index is 12.5. The minimum absolute atomic E-state index is 0.0313. The minimum atomic E-state index is -0.268. The first-order valence-corrected chi connectivity index (χ1v) is 13.1. The van der Waals surface area contributed by atoms with Gasteiger partial charge in [0.25, 0.3) is 5.91 Å². The molecule has 0 saturated carbocycles. The zero-order chi connectivity index (χ0) is 26.4. The summed E-state index contributed by atoms with van der Waals surface area (Å²) in [4.78, 5) is 12.5. The van der Waals surface area contributed by atoms with Gasteiger partial charge < -0.3 is 9.47 Å². The highest BCUT2D eigenvalue weighted by molar-refractivity contribution is 9.10. The summed E-state index contributed by atoms with van der Waals surface area (Å²) >= 11 is 3.62. The lowest BCUT2D eigenvalue weighted by atomic mass is 9.87. The fourth-order valence-electron chi connectivity index (χ4n) is 3.99. The molecule has 0 aromatic heterocycles. The molecule has 0 saturated heterocycles. The molecular formula is C31H31BrN2O3. The van der Waals surface area contributed by atoms with Crippen molar-refractivity contribution in [3.05, 3.63) is 106 Å². The van der Waals surface area contributed by atoms with Crippen LogP contribution in [0, 0.1) is 0 Å². The Labute approximate surface area is 226 Å². The predicted octanol–water partition coefficient (Wildman–Crippen LogP) is 7.64. The second-order valence-electron chi connectivity index (χ2n) is 9.72. The maximum atomic E-state index is 12.5. The van der Waals surface area contributed by atoms with Crippen LogP contribution in [-0.2, 0) is 12.0 Å². The average molecular weight is 560 g/mol. The smallest absolute Gasteiger partial charge is 0.271 e. The number of amides is 1. The lowest BCUT2D eigenvalue weighted by Crippen LogP contribution is -2.18. The minimum Gasteiger partial charge on any atom is -0.490 e. The van der Waals surface area contributed by atoms with Crippen molar-refractivity contribution in [1.82, 2.24) is 5.43 Å². The SMILES string of the molecule is CCOc1cc(/C=N\NC(=O)c2ccc(C(C)(C)C)cc2)cc(Br)c1OCc1cccc2ccccc12. The molecule has 0 aliphatic heterocycles. The maximum Gasteiger partial charge on any atom is 0.271 e. The fourth-order valence-corrected chi connectivity index (χ4v) is 4.56. The number of nitrogens with zero attached hydrogens (tertiary/aromatic N) is 1. The Morgan fingerprint density at radius 1 is 0.973 bits per heavy atom. The van der Waals surface area contributed by atoms with Gasteiger partial charge in [-0.25, -0.2) is 5.43 Å². The molecule has 0 aliphatic rings. The fraction of sp³-hybridized carbons (Fsp3) is 0.226. The van der Waals surface area contributed by atoms with Crippen LogP contribution in [0.4, 0.5) is 0 Å². The van der Waals surface area contributed by atoms with Gasteiger partial charge in [-0.2, -0.15) is 5.10 Å². The number of benzene rings is 4. The van der Waals surface area contributed by atoms with Gasteiger partial charge in [-0.05, 0) is 80.0 Å². The van der Waals surface area contributed by atoms with E-state index in [1.165, 1.54) is 10.9 Å². The Hall–Kier alpha value is -3.64. The van der Waals surface area contributed by atoms with Gasteiger partial charge in [0.1, 0.15) is 6.61 Å². The van der Waals surface area contributed by atoms with Crippen LogP contribution in [0.15, 0.2) is 88.4 Å². The normalized spacial score (nSPS) is 11.6. The highest BCUT2D eigenvalue weighted by Gasteiger charge is 2.15. The van der Waals surface area contributed by atoms with E-state index in [1.54, 1.807) is 6.21 Å². The van der Waals surface area contributed by atoms with Gasteiger partial charge in [0.2, 0.25) is 0 Å². The third-order valence-corrected chi connectivity index (χ3v) is 6.57. The van der Waals surface area contributed by atoms with Crippen molar-refractivity contribution < 1.29 is 14.3 Å². The van der Waals surface area contributed by atoms with Gasteiger partial charge in [-0.1, -0.05) is 75.4 Å². The second kappa shape index (κ2) is 11.6. The molecule has 0 spiro atoms. The number of carbonyl (C=O) groups excluding carboxylic acids is 1. The highest BCUT2D eigenvalue weighted by atomic mass is 79.9. The van der Waals surface area contributed by atoms with Crippen LogP contribution < -0.4 is 14.9 Å². The van der Waals surface area contributed by atoms with Crippen molar-refractivity contribution in [3.63, 3.8) is 0 Å². The Kier molecular flexibility index (Phi) is 8.29. The van der Waals surface area contributed by atoms with Gasteiger partial charge in [0.05, 0.1) is 17.3 Å². The molecule has 4 aromatic rings. The van der Waals surface area contributed by atoms with Crippen LogP contribution in [0.1, 0.15) is 54.7 Å². The highest BCUT2D eigenvalue weighted by Crippen LogP contribution is 2.37. The third-order valence-electron chi connectivity index (χ3n) is 5.98. The number of hydrazone groups is 1. The zero-order valence-electron chi connectivity index (χ0n) is 21.5. The van der Waals surface area contributed by atoms with Crippen LogP contribution in [0.2, 0.25) is 0 Å². The average Bonchev–Trinajstić information content (AvgIpc) is 2.88. The van der Waals surface area contributed by atoms with E-state index in [2.05, 4.69) is 71.5 Å². The number of halogens is 1. The number of hydrogen-bond donors (Lipinski definition) is 1. The standard InChI is InChI=1S/C31H31BrN2O3/c1-5-36-28-18-21(19-33-34-30(35)23-13-15-25(16-14-23)31(2,3)4)17-27(32)29(28)37-20-24-11-8-10-22-9-6-7-12-26(22)24/h6-19H,5,20H2,1-4H3,(H,34,35)/b33-19-. The lowest BCUT2D eigenvalue weighted by molar-refractivity contribution is 0.0955. The number of carbonyl (C=O) groups is 1. The van der Waals surface area contributed by atoms with Crippen molar-refractivity contribution in [2.24, 2.45) is 5.10 Å². The molecule has 0 atom stereocenters. The molecule has 1 amide bonds. The van der Waals surface area contributed by atoms with E-state index in [1.807, 2.05) is 61.5 Å². The van der Waals surface area contributed by atoms with Crippen molar-refractivity contribution in [2.75, 3.05) is 6.61 Å². The van der Waals surface area contributed by atoms with E-state index in [0.717, 1.165) is 21.0 Å². The largest absolute Gasteiger partial charge is 0.490 e. The van der Waals surface area contributed by atoms with E-state index in [9.17, 15) is 4.79 Å². The van der Waals surface area contributed by atoms with E-state index in [-0.39, 0.29) is 11.3 Å². The first kappa shape index (κ1) is 26.4. The van der Waals surface area contributed by atoms with E-state index < -0.39 is 0 Å². The van der Waals surface area contributed by atoms with E-state index in [0.29, 0.717) is 30.3 Å². The molecule has 190 valence electrons. The van der Waals surface area contributed by atoms with Crippen LogP contribution >= 0.6 is 15.9 Å². The number of hydrogen-bond acceptors (Lipinski definition) is 4. The zero-order valence-corrected chi connectivity index (χ0v) is 23.1. The summed E-state index contributed by atoms with van der Waals surface area (Å²) in [6.07, 6.45) is 1.59. The van der Waals surface area contributed by atoms with Gasteiger partial charge in [-0.3, -0.25) is 4.79 Å². The molecule has 4 rings (SSSR count). The Bertz CT molecular complexity index is 1420. The van der Waals surface area contributed by atoms with Crippen LogP contribution in [0.25, 0.3) is 10.8 Å². The molecule has 0 heterocycles. The molecule has 0 fully saturated rings. The Balaban J connectivity index is 1.47. The van der Waals surface area contributed by atoms with Crippen molar-refractivity contribution >= 4 is 38.8 Å². The van der Waals surface area contributed by atoms with Gasteiger partial charge in [-0.15, -0.1) is 0 Å². The second-order valence-corrected chi connectivity index (χ2v) is 10.6. The molecule has 1 N–H and O–H groups in total. The lowest BCUT2D eigenvalue weighted by Gasteiger charge is -2.18. The topological polar surface area (TPSA) is 59.9 Å². The molecule has 0 unspecified atom stereocenters. The van der Waals surface area contributed by atoms with Crippen LogP contribution in [0.5, 0.6) is 11.5 Å². The van der Waals surface area contributed by atoms with E-state index >= 15 is 0 Å². The molecular weight excluding hydrogens is 528 g/mol. The summed E-state index contributed by atoms with van der Waals surface area (Å²) < 4.78 is 12.8. The van der Waals surface area contributed by atoms with Gasteiger partial charge in [0.15, 0.2) is 11.5 Å². The third kappa shape index (κ3) is 6.57. The number of rotatable bonds is 8. The summed E-state index contributed by atoms with van der Waals surface area (Å²) in [6, 6.07) is 25.8. The van der Waals surface area contributed by atoms with Gasteiger partial charge in [0, 0.05) is 5.56 Å². The van der Waals surface area contributed by atoms with Crippen LogP contribution in [-0.4, -0.2) is 18.7 Å². The molecule has 37 heavy (non-hydrogen) atoms. The summed E-state index contributed by atoms with van der Waals surface area (Å²) in [6.45, 7) is 9.23. The van der Waals surface area contributed by atoms with E-state index in [4.69, 9.17) is 9.47 Å². The molecule has 0 bridgehead atoms. The number of fused-ring (bicyclic) bond motifs is 1. The number of nitrogens with one attached hydrogen (secondary N) is 1. The van der Waals surface area contributed by atoms with Crippen molar-refractivity contribution in [1.29, 1.82) is 0 Å². The molecule has 4 aromatic carbocycles. The quantitative estimate of drug-likeness (QED) is 0.178.